The fourth-order valence-electron chi connectivity index (χ4n) is 1.96. The quantitative estimate of drug-likeness (QED) is 0.578. The second-order valence-corrected chi connectivity index (χ2v) is 5.90. The maximum absolute atomic E-state index is 12.7. The van der Waals surface area contributed by atoms with Crippen molar-refractivity contribution >= 4 is 22.2 Å². The van der Waals surface area contributed by atoms with Crippen LogP contribution in [0, 0.1) is 20.2 Å². The number of hydrogen-bond donors (Lipinski definition) is 0. The number of nitrogens with zero attached hydrogens (tertiary/aromatic N) is 2. The lowest BCUT2D eigenvalue weighted by molar-refractivity contribution is -0.387. The highest BCUT2D eigenvalue weighted by atomic mass is 32.2. The molecule has 0 aliphatic rings. The highest BCUT2D eigenvalue weighted by Gasteiger charge is 2.25. The Morgan fingerprint density at radius 1 is 0.917 bits per heavy atom. The second kappa shape index (κ2) is 7.04. The maximum Gasteiger partial charge on any atom is 0.289 e. The molecular formula is C14H12N2O7S. The number of benzene rings is 2. The van der Waals surface area contributed by atoms with E-state index in [1.807, 2.05) is 0 Å². The first-order valence-electron chi connectivity index (χ1n) is 6.45. The Balaban J connectivity index is 2.55. The zero-order valence-corrected chi connectivity index (χ0v) is 13.4. The van der Waals surface area contributed by atoms with E-state index in [-0.39, 0.29) is 27.0 Å². The zero-order valence-electron chi connectivity index (χ0n) is 12.6. The van der Waals surface area contributed by atoms with Gasteiger partial charge in [0, 0.05) is 23.1 Å². The number of nitro groups is 2. The van der Waals surface area contributed by atoms with E-state index >= 15 is 0 Å². The van der Waals surface area contributed by atoms with E-state index < -0.39 is 26.3 Å². The topological polar surface area (TPSA) is 122 Å². The van der Waals surface area contributed by atoms with E-state index in [0.29, 0.717) is 0 Å². The average molecular weight is 352 g/mol. The molecule has 0 aliphatic heterocycles. The number of ether oxygens (including phenoxy) is 2. The molecule has 1 unspecified atom stereocenters. The minimum Gasteiger partial charge on any atom is -0.493 e. The van der Waals surface area contributed by atoms with Crippen LogP contribution in [-0.2, 0) is 10.8 Å². The van der Waals surface area contributed by atoms with Crippen LogP contribution >= 0.6 is 0 Å². The molecule has 1 atom stereocenters. The Morgan fingerprint density at radius 2 is 1.46 bits per heavy atom. The third-order valence-corrected chi connectivity index (χ3v) is 4.55. The zero-order chi connectivity index (χ0) is 17.9. The molecule has 0 heterocycles. The summed E-state index contributed by atoms with van der Waals surface area (Å²) in [6.07, 6.45) is 0. The smallest absolute Gasteiger partial charge is 0.289 e. The second-order valence-electron chi connectivity index (χ2n) is 4.45. The summed E-state index contributed by atoms with van der Waals surface area (Å²) in [4.78, 5) is 20.7. The van der Waals surface area contributed by atoms with Crippen LogP contribution in [0.25, 0.3) is 0 Å². The fraction of sp³-hybridized carbons (Fsp3) is 0.143. The van der Waals surface area contributed by atoms with Crippen molar-refractivity contribution in [3.8, 4) is 11.5 Å². The molecule has 0 spiro atoms. The monoisotopic (exact) mass is 352 g/mol. The van der Waals surface area contributed by atoms with Gasteiger partial charge in [0.05, 0.1) is 40.9 Å². The molecule has 126 valence electrons. The molecule has 2 aromatic carbocycles. The molecule has 0 aromatic heterocycles. The standard InChI is InChI=1S/C14H12N2O7S/c1-22-12-7-11(16(19)20)14(8-13(12)23-2)24(21)10-5-3-9(4-6-10)15(17)18/h3-8H,1-2H3. The van der Waals surface area contributed by atoms with E-state index in [1.165, 1.54) is 44.6 Å². The minimum absolute atomic E-state index is 0.0912. The molecule has 24 heavy (non-hydrogen) atoms. The van der Waals surface area contributed by atoms with Crippen molar-refractivity contribution in [3.63, 3.8) is 0 Å². The summed E-state index contributed by atoms with van der Waals surface area (Å²) in [5.41, 5.74) is -0.568. The van der Waals surface area contributed by atoms with Crippen molar-refractivity contribution in [1.29, 1.82) is 0 Å². The number of nitro benzene ring substituents is 2. The van der Waals surface area contributed by atoms with Crippen LogP contribution in [0.5, 0.6) is 11.5 Å². The molecule has 2 aromatic rings. The van der Waals surface area contributed by atoms with E-state index in [2.05, 4.69) is 0 Å². The predicted molar refractivity (Wildman–Crippen MR) is 84.0 cm³/mol. The molecule has 2 rings (SSSR count). The van der Waals surface area contributed by atoms with Crippen LogP contribution < -0.4 is 9.47 Å². The van der Waals surface area contributed by atoms with Crippen molar-refractivity contribution in [3.05, 3.63) is 56.6 Å². The van der Waals surface area contributed by atoms with Gasteiger partial charge in [-0.3, -0.25) is 20.2 Å². The van der Waals surface area contributed by atoms with Crippen molar-refractivity contribution in [2.45, 2.75) is 9.79 Å². The molecule has 0 bridgehead atoms. The minimum atomic E-state index is -1.92. The lowest BCUT2D eigenvalue weighted by atomic mass is 10.3. The highest BCUT2D eigenvalue weighted by Crippen LogP contribution is 2.37. The van der Waals surface area contributed by atoms with Crippen LogP contribution in [0.3, 0.4) is 0 Å². The van der Waals surface area contributed by atoms with Crippen LogP contribution in [0.4, 0.5) is 11.4 Å². The van der Waals surface area contributed by atoms with Crippen LogP contribution in [0.2, 0.25) is 0 Å². The van der Waals surface area contributed by atoms with Gasteiger partial charge in [0.1, 0.15) is 4.90 Å². The largest absolute Gasteiger partial charge is 0.493 e. The van der Waals surface area contributed by atoms with E-state index in [4.69, 9.17) is 9.47 Å². The number of methoxy groups -OCH3 is 2. The Hall–Kier alpha value is -3.01. The van der Waals surface area contributed by atoms with Gasteiger partial charge in [0.15, 0.2) is 11.5 Å². The van der Waals surface area contributed by atoms with Crippen molar-refractivity contribution in [2.24, 2.45) is 0 Å². The van der Waals surface area contributed by atoms with Crippen molar-refractivity contribution < 1.29 is 23.5 Å². The van der Waals surface area contributed by atoms with Gasteiger partial charge < -0.3 is 9.47 Å². The summed E-state index contributed by atoms with van der Waals surface area (Å²) in [5, 5.41) is 21.9. The van der Waals surface area contributed by atoms with E-state index in [0.717, 1.165) is 6.07 Å². The van der Waals surface area contributed by atoms with Gasteiger partial charge in [0.25, 0.3) is 11.4 Å². The van der Waals surface area contributed by atoms with Gasteiger partial charge in [0.2, 0.25) is 0 Å². The molecule has 0 N–H and O–H groups in total. The summed E-state index contributed by atoms with van der Waals surface area (Å²) >= 11 is 0. The average Bonchev–Trinajstić information content (AvgIpc) is 2.59. The van der Waals surface area contributed by atoms with Crippen LogP contribution in [0.15, 0.2) is 46.2 Å². The van der Waals surface area contributed by atoms with Crippen LogP contribution in [-0.4, -0.2) is 28.3 Å². The Bertz CT molecular complexity index is 821. The van der Waals surface area contributed by atoms with Crippen LogP contribution in [0.1, 0.15) is 0 Å². The lowest BCUT2D eigenvalue weighted by Crippen LogP contribution is -2.02. The van der Waals surface area contributed by atoms with Gasteiger partial charge in [-0.15, -0.1) is 0 Å². The third-order valence-electron chi connectivity index (χ3n) is 3.12. The molecule has 0 saturated heterocycles. The first-order chi connectivity index (χ1) is 11.4. The summed E-state index contributed by atoms with van der Waals surface area (Å²) in [5.74, 6) is 0.321. The molecule has 9 nitrogen and oxygen atoms in total. The summed E-state index contributed by atoms with van der Waals surface area (Å²) in [6.45, 7) is 0. The predicted octanol–water partition coefficient (Wildman–Crippen LogP) is 2.69. The van der Waals surface area contributed by atoms with Gasteiger partial charge in [-0.1, -0.05) is 0 Å². The Labute approximate surface area is 138 Å². The lowest BCUT2D eigenvalue weighted by Gasteiger charge is -2.10. The molecule has 0 aliphatic carbocycles. The highest BCUT2D eigenvalue weighted by molar-refractivity contribution is 7.85. The van der Waals surface area contributed by atoms with Gasteiger partial charge in [-0.2, -0.15) is 0 Å². The van der Waals surface area contributed by atoms with Gasteiger partial charge in [-0.25, -0.2) is 4.21 Å². The summed E-state index contributed by atoms with van der Waals surface area (Å²) in [6, 6.07) is 7.31. The fourth-order valence-corrected chi connectivity index (χ4v) is 3.13. The third kappa shape index (κ3) is 3.33. The van der Waals surface area contributed by atoms with Gasteiger partial charge >= 0.3 is 0 Å². The Kier molecular flexibility index (Phi) is 5.09. The summed E-state index contributed by atoms with van der Waals surface area (Å²) < 4.78 is 22.7. The Morgan fingerprint density at radius 3 is 1.92 bits per heavy atom. The number of rotatable bonds is 6. The normalized spacial score (nSPS) is 11.6. The molecule has 0 fully saturated rings. The number of non-ortho nitro benzene ring substituents is 1. The van der Waals surface area contributed by atoms with Crippen molar-refractivity contribution in [1.82, 2.24) is 0 Å². The molecule has 0 saturated carbocycles. The molecule has 10 heteroatoms. The van der Waals surface area contributed by atoms with Crippen molar-refractivity contribution in [2.75, 3.05) is 14.2 Å². The van der Waals surface area contributed by atoms with E-state index in [9.17, 15) is 24.4 Å². The first-order valence-corrected chi connectivity index (χ1v) is 7.60. The van der Waals surface area contributed by atoms with E-state index in [1.54, 1.807) is 0 Å². The SMILES string of the molecule is COc1cc([N+](=O)[O-])c(S(=O)c2ccc([N+](=O)[O-])cc2)cc1OC. The number of hydrogen-bond acceptors (Lipinski definition) is 7. The summed E-state index contributed by atoms with van der Waals surface area (Å²) in [7, 11) is 0.755. The molecule has 0 radical (unpaired) electrons. The first kappa shape index (κ1) is 17.3. The molecular weight excluding hydrogens is 340 g/mol. The maximum atomic E-state index is 12.7. The molecule has 0 amide bonds. The van der Waals surface area contributed by atoms with Gasteiger partial charge in [-0.05, 0) is 12.1 Å².